The van der Waals surface area contributed by atoms with Crippen LogP contribution in [0.25, 0.3) is 0 Å². The van der Waals surface area contributed by atoms with E-state index in [0.29, 0.717) is 5.69 Å². The highest BCUT2D eigenvalue weighted by Crippen LogP contribution is 2.21. The maximum atomic E-state index is 12.5. The van der Waals surface area contributed by atoms with Crippen LogP contribution in [0.4, 0.5) is 11.4 Å². The highest BCUT2D eigenvalue weighted by Gasteiger charge is 2.16. The third-order valence-electron chi connectivity index (χ3n) is 4.61. The van der Waals surface area contributed by atoms with Crippen molar-refractivity contribution >= 4 is 17.3 Å². The van der Waals surface area contributed by atoms with Crippen LogP contribution in [0.2, 0.25) is 0 Å². The van der Waals surface area contributed by atoms with E-state index in [4.69, 9.17) is 0 Å². The van der Waals surface area contributed by atoms with Gasteiger partial charge < -0.3 is 10.6 Å². The Bertz CT molecular complexity index is 691. The second-order valence-electron chi connectivity index (χ2n) is 6.53. The van der Waals surface area contributed by atoms with E-state index in [2.05, 4.69) is 28.6 Å². The van der Waals surface area contributed by atoms with E-state index in [-0.39, 0.29) is 11.9 Å². The van der Waals surface area contributed by atoms with Crippen molar-refractivity contribution in [3.05, 3.63) is 53.9 Å². The fourth-order valence-electron chi connectivity index (χ4n) is 3.18. The van der Waals surface area contributed by atoms with Gasteiger partial charge in [-0.1, -0.05) is 43.9 Å². The Hall–Kier alpha value is -2.36. The molecule has 3 rings (SSSR count). The number of pyridine rings is 1. The van der Waals surface area contributed by atoms with Gasteiger partial charge in [-0.2, -0.15) is 0 Å². The third kappa shape index (κ3) is 4.34. The first-order chi connectivity index (χ1) is 11.7. The smallest absolute Gasteiger partial charge is 0.270 e. The van der Waals surface area contributed by atoms with Gasteiger partial charge in [0.2, 0.25) is 0 Å². The third-order valence-corrected chi connectivity index (χ3v) is 4.61. The molecule has 0 aliphatic heterocycles. The van der Waals surface area contributed by atoms with Crippen LogP contribution in [-0.2, 0) is 0 Å². The van der Waals surface area contributed by atoms with Gasteiger partial charge >= 0.3 is 0 Å². The normalized spacial score (nSPS) is 15.5. The molecule has 0 bridgehead atoms. The molecular weight excluding hydrogens is 298 g/mol. The van der Waals surface area contributed by atoms with Gasteiger partial charge in [0.1, 0.15) is 5.69 Å². The first kappa shape index (κ1) is 16.5. The summed E-state index contributed by atoms with van der Waals surface area (Å²) in [6.07, 6.45) is 8.80. The van der Waals surface area contributed by atoms with Crippen LogP contribution in [0.3, 0.4) is 0 Å². The fourth-order valence-corrected chi connectivity index (χ4v) is 3.18. The van der Waals surface area contributed by atoms with Crippen LogP contribution in [0.15, 0.2) is 42.6 Å². The molecule has 1 aromatic carbocycles. The lowest BCUT2D eigenvalue weighted by Crippen LogP contribution is -2.34. The molecule has 1 aliphatic rings. The number of amides is 1. The lowest BCUT2D eigenvalue weighted by molar-refractivity contribution is 0.0928. The zero-order valence-electron chi connectivity index (χ0n) is 14.2. The number of aryl methyl sites for hydroxylation is 1. The number of nitrogens with one attached hydrogen (secondary N) is 2. The molecular formula is C20H25N3O. The van der Waals surface area contributed by atoms with Gasteiger partial charge in [0.05, 0.1) is 0 Å². The molecule has 2 aromatic rings. The van der Waals surface area contributed by atoms with Crippen molar-refractivity contribution in [2.75, 3.05) is 5.32 Å². The molecule has 4 heteroatoms. The first-order valence-electron chi connectivity index (χ1n) is 8.82. The fraction of sp³-hybridized carbons (Fsp3) is 0.400. The van der Waals surface area contributed by atoms with E-state index in [1.165, 1.54) is 31.2 Å². The summed E-state index contributed by atoms with van der Waals surface area (Å²) >= 11 is 0. The lowest BCUT2D eigenvalue weighted by Gasteiger charge is -2.16. The van der Waals surface area contributed by atoms with Crippen LogP contribution < -0.4 is 10.6 Å². The zero-order chi connectivity index (χ0) is 16.8. The number of hydrogen-bond donors (Lipinski definition) is 2. The van der Waals surface area contributed by atoms with Gasteiger partial charge in [0.15, 0.2) is 0 Å². The van der Waals surface area contributed by atoms with Crippen LogP contribution in [0, 0.1) is 6.92 Å². The Morgan fingerprint density at radius 1 is 1.08 bits per heavy atom. The molecule has 0 unspecified atom stereocenters. The predicted molar refractivity (Wildman–Crippen MR) is 97.7 cm³/mol. The highest BCUT2D eigenvalue weighted by atomic mass is 16.1. The Labute approximate surface area is 143 Å². The van der Waals surface area contributed by atoms with E-state index < -0.39 is 0 Å². The van der Waals surface area contributed by atoms with Crippen molar-refractivity contribution < 1.29 is 4.79 Å². The summed E-state index contributed by atoms with van der Waals surface area (Å²) < 4.78 is 0. The summed E-state index contributed by atoms with van der Waals surface area (Å²) in [5.74, 6) is -0.0738. The number of carbonyl (C=O) groups excluding carboxylic acids is 1. The molecule has 24 heavy (non-hydrogen) atoms. The Morgan fingerprint density at radius 3 is 2.58 bits per heavy atom. The van der Waals surface area contributed by atoms with Gasteiger partial charge in [0, 0.05) is 23.6 Å². The van der Waals surface area contributed by atoms with Crippen molar-refractivity contribution in [3.63, 3.8) is 0 Å². The summed E-state index contributed by atoms with van der Waals surface area (Å²) in [6, 6.07) is 12.1. The Balaban J connectivity index is 1.68. The molecule has 1 aromatic heterocycles. The van der Waals surface area contributed by atoms with Crippen LogP contribution in [-0.4, -0.2) is 16.9 Å². The van der Waals surface area contributed by atoms with E-state index >= 15 is 0 Å². The van der Waals surface area contributed by atoms with Gasteiger partial charge in [0.25, 0.3) is 5.91 Å². The molecule has 126 valence electrons. The minimum Gasteiger partial charge on any atom is -0.355 e. The number of para-hydroxylation sites is 1. The highest BCUT2D eigenvalue weighted by molar-refractivity contribution is 5.93. The molecule has 4 nitrogen and oxygen atoms in total. The molecule has 1 amide bonds. The SMILES string of the molecule is Cc1ccccc1Nc1ccnc(C(=O)NC2CCCCCC2)c1. The van der Waals surface area contributed by atoms with Crippen molar-refractivity contribution in [1.29, 1.82) is 0 Å². The molecule has 0 radical (unpaired) electrons. The van der Waals surface area contributed by atoms with Crippen LogP contribution in [0.1, 0.15) is 54.6 Å². The Kier molecular flexibility index (Phi) is 5.47. The van der Waals surface area contributed by atoms with Crippen molar-refractivity contribution in [2.45, 2.75) is 51.5 Å². The minimum atomic E-state index is -0.0738. The molecule has 1 saturated carbocycles. The number of nitrogens with zero attached hydrogens (tertiary/aromatic N) is 1. The van der Waals surface area contributed by atoms with Gasteiger partial charge in [-0.25, -0.2) is 0 Å². The summed E-state index contributed by atoms with van der Waals surface area (Å²) in [7, 11) is 0. The summed E-state index contributed by atoms with van der Waals surface area (Å²) in [5, 5.41) is 6.51. The summed E-state index contributed by atoms with van der Waals surface area (Å²) in [4.78, 5) is 16.7. The summed E-state index contributed by atoms with van der Waals surface area (Å²) in [6.45, 7) is 2.06. The maximum absolute atomic E-state index is 12.5. The standard InChI is InChI=1S/C20H25N3O/c1-15-8-6-7-11-18(15)22-17-12-13-21-19(14-17)20(24)23-16-9-4-2-3-5-10-16/h6-8,11-14,16H,2-5,9-10H2,1H3,(H,21,22)(H,23,24). The molecule has 0 spiro atoms. The number of benzene rings is 1. The van der Waals surface area contributed by atoms with E-state index in [9.17, 15) is 4.79 Å². The van der Waals surface area contributed by atoms with Gasteiger partial charge in [-0.15, -0.1) is 0 Å². The predicted octanol–water partition coefficient (Wildman–Crippen LogP) is 4.59. The number of aromatic nitrogens is 1. The number of hydrogen-bond acceptors (Lipinski definition) is 3. The molecule has 1 heterocycles. The molecule has 2 N–H and O–H groups in total. The number of rotatable bonds is 4. The monoisotopic (exact) mass is 323 g/mol. The quantitative estimate of drug-likeness (QED) is 0.809. The number of carbonyl (C=O) groups is 1. The van der Waals surface area contributed by atoms with Crippen molar-refractivity contribution in [3.8, 4) is 0 Å². The Morgan fingerprint density at radius 2 is 1.83 bits per heavy atom. The second-order valence-corrected chi connectivity index (χ2v) is 6.53. The van der Waals surface area contributed by atoms with E-state index in [1.807, 2.05) is 30.3 Å². The second kappa shape index (κ2) is 7.95. The van der Waals surface area contributed by atoms with Gasteiger partial charge in [-0.05, 0) is 43.5 Å². The summed E-state index contributed by atoms with van der Waals surface area (Å²) in [5.41, 5.74) is 3.56. The van der Waals surface area contributed by atoms with Crippen molar-refractivity contribution in [2.24, 2.45) is 0 Å². The van der Waals surface area contributed by atoms with Crippen LogP contribution in [0.5, 0.6) is 0 Å². The topological polar surface area (TPSA) is 54.0 Å². The van der Waals surface area contributed by atoms with Crippen molar-refractivity contribution in [1.82, 2.24) is 10.3 Å². The van der Waals surface area contributed by atoms with Crippen LogP contribution >= 0.6 is 0 Å². The average Bonchev–Trinajstić information content (AvgIpc) is 2.86. The average molecular weight is 323 g/mol. The molecule has 0 saturated heterocycles. The lowest BCUT2D eigenvalue weighted by atomic mass is 10.1. The number of anilines is 2. The largest absolute Gasteiger partial charge is 0.355 e. The van der Waals surface area contributed by atoms with E-state index in [0.717, 1.165) is 24.2 Å². The molecule has 1 fully saturated rings. The zero-order valence-corrected chi connectivity index (χ0v) is 14.2. The molecule has 1 aliphatic carbocycles. The minimum absolute atomic E-state index is 0.0738. The van der Waals surface area contributed by atoms with Gasteiger partial charge in [-0.3, -0.25) is 9.78 Å². The maximum Gasteiger partial charge on any atom is 0.270 e. The van der Waals surface area contributed by atoms with E-state index in [1.54, 1.807) is 6.20 Å². The molecule has 0 atom stereocenters. The first-order valence-corrected chi connectivity index (χ1v) is 8.82.